The summed E-state index contributed by atoms with van der Waals surface area (Å²) in [5.74, 6) is -1.000. The van der Waals surface area contributed by atoms with Crippen LogP contribution in [0.3, 0.4) is 0 Å². The quantitative estimate of drug-likeness (QED) is 0.833. The molecule has 1 fully saturated rings. The molecule has 1 aliphatic rings. The van der Waals surface area contributed by atoms with Crippen molar-refractivity contribution in [2.75, 3.05) is 0 Å². The van der Waals surface area contributed by atoms with Gasteiger partial charge >= 0.3 is 0 Å². The van der Waals surface area contributed by atoms with Crippen LogP contribution in [0.5, 0.6) is 0 Å². The molecule has 1 saturated carbocycles. The first-order valence-corrected chi connectivity index (χ1v) is 5.79. The van der Waals surface area contributed by atoms with Gasteiger partial charge in [-0.1, -0.05) is 23.7 Å². The molecular weight excluding hydrogens is 252 g/mol. The van der Waals surface area contributed by atoms with Crippen molar-refractivity contribution in [1.29, 1.82) is 0 Å². The maximum atomic E-state index is 13.6. The molecule has 2 nitrogen and oxygen atoms in total. The van der Waals surface area contributed by atoms with Gasteiger partial charge in [-0.25, -0.2) is 4.39 Å². The molecule has 0 saturated heterocycles. The second-order valence-electron chi connectivity index (χ2n) is 3.79. The summed E-state index contributed by atoms with van der Waals surface area (Å²) in [5, 5.41) is 1.66. The highest BCUT2D eigenvalue weighted by molar-refractivity contribution is 6.32. The highest BCUT2D eigenvalue weighted by atomic mass is 35.5. The number of hydrogen-bond donors (Lipinski definition) is 1. The average molecular weight is 262 g/mol. The maximum absolute atomic E-state index is 13.6. The van der Waals surface area contributed by atoms with Crippen LogP contribution in [0.25, 0.3) is 0 Å². The zero-order valence-corrected chi connectivity index (χ0v) is 9.85. The number of carbonyl (C=O) groups excluding carboxylic acids is 1. The summed E-state index contributed by atoms with van der Waals surface area (Å²) in [5.41, 5.74) is 0.118. The third-order valence-corrected chi connectivity index (χ3v) is 3.13. The van der Waals surface area contributed by atoms with Crippen molar-refractivity contribution in [3.63, 3.8) is 0 Å². The van der Waals surface area contributed by atoms with Crippen molar-refractivity contribution in [3.8, 4) is 0 Å². The van der Waals surface area contributed by atoms with Gasteiger partial charge in [0.05, 0.1) is 5.02 Å². The molecule has 0 bridgehead atoms. The Morgan fingerprint density at radius 3 is 2.81 bits per heavy atom. The number of alkyl halides is 1. The summed E-state index contributed by atoms with van der Waals surface area (Å²) in [6, 6.07) is 4.66. The lowest BCUT2D eigenvalue weighted by Crippen LogP contribution is -2.29. The van der Waals surface area contributed by atoms with Crippen LogP contribution in [0.4, 0.5) is 4.39 Å². The molecule has 0 heterocycles. The van der Waals surface area contributed by atoms with Gasteiger partial charge in [-0.15, -0.1) is 11.6 Å². The topological polar surface area (TPSA) is 29.1 Å². The molecule has 1 atom stereocenters. The van der Waals surface area contributed by atoms with E-state index in [9.17, 15) is 9.18 Å². The number of carbonyl (C=O) groups is 1. The van der Waals surface area contributed by atoms with E-state index in [1.54, 1.807) is 6.07 Å². The molecule has 1 aromatic rings. The lowest BCUT2D eigenvalue weighted by Gasteiger charge is -2.11. The Morgan fingerprint density at radius 1 is 1.50 bits per heavy atom. The largest absolute Gasteiger partial charge is 0.352 e. The summed E-state index contributed by atoms with van der Waals surface area (Å²) in [4.78, 5) is 11.6. The van der Waals surface area contributed by atoms with Gasteiger partial charge in [0.25, 0.3) is 0 Å². The van der Waals surface area contributed by atoms with E-state index in [1.165, 1.54) is 12.1 Å². The zero-order valence-electron chi connectivity index (χ0n) is 8.34. The van der Waals surface area contributed by atoms with Crippen LogP contribution in [-0.2, 0) is 4.79 Å². The Labute approximate surface area is 103 Å². The Hall–Kier alpha value is -0.800. The van der Waals surface area contributed by atoms with Crippen LogP contribution in [0.15, 0.2) is 18.2 Å². The van der Waals surface area contributed by atoms with Crippen molar-refractivity contribution in [2.24, 2.45) is 0 Å². The second kappa shape index (κ2) is 4.60. The van der Waals surface area contributed by atoms with Crippen LogP contribution in [-0.4, -0.2) is 11.9 Å². The Kier molecular flexibility index (Phi) is 3.36. The fourth-order valence-electron chi connectivity index (χ4n) is 1.36. The number of hydrogen-bond acceptors (Lipinski definition) is 1. The fourth-order valence-corrected chi connectivity index (χ4v) is 1.77. The average Bonchev–Trinajstić information content (AvgIpc) is 3.05. The van der Waals surface area contributed by atoms with Gasteiger partial charge in [0.1, 0.15) is 11.2 Å². The van der Waals surface area contributed by atoms with Gasteiger partial charge in [0, 0.05) is 11.6 Å². The molecule has 0 aromatic heterocycles. The summed E-state index contributed by atoms with van der Waals surface area (Å²) in [6.45, 7) is 0. The summed E-state index contributed by atoms with van der Waals surface area (Å²) >= 11 is 11.5. The van der Waals surface area contributed by atoms with E-state index >= 15 is 0 Å². The van der Waals surface area contributed by atoms with Crippen molar-refractivity contribution in [2.45, 2.75) is 24.3 Å². The van der Waals surface area contributed by atoms with E-state index in [1.807, 2.05) is 0 Å². The van der Waals surface area contributed by atoms with E-state index in [0.29, 0.717) is 0 Å². The number of benzene rings is 1. The van der Waals surface area contributed by atoms with E-state index < -0.39 is 11.2 Å². The number of nitrogens with one attached hydrogen (secondary N) is 1. The maximum Gasteiger partial charge on any atom is 0.242 e. The molecule has 0 aliphatic heterocycles. The molecule has 86 valence electrons. The minimum atomic E-state index is -1.03. The normalized spacial score (nSPS) is 16.9. The van der Waals surface area contributed by atoms with E-state index in [0.717, 1.165) is 12.8 Å². The van der Waals surface area contributed by atoms with E-state index in [-0.39, 0.29) is 22.5 Å². The Balaban J connectivity index is 2.15. The molecule has 1 aliphatic carbocycles. The minimum absolute atomic E-state index is 0.0256. The summed E-state index contributed by atoms with van der Waals surface area (Å²) in [7, 11) is 0. The zero-order chi connectivity index (χ0) is 11.7. The minimum Gasteiger partial charge on any atom is -0.352 e. The SMILES string of the molecule is O=C(NC1CC1)C(Cl)c1cccc(Cl)c1F. The third kappa shape index (κ3) is 2.47. The van der Waals surface area contributed by atoms with Gasteiger partial charge in [-0.2, -0.15) is 0 Å². The van der Waals surface area contributed by atoms with Crippen LogP contribution in [0.2, 0.25) is 5.02 Å². The standard InChI is InChI=1S/C11H10Cl2FNO/c12-8-3-1-2-7(10(8)14)9(13)11(16)15-6-4-5-6/h1-3,6,9H,4-5H2,(H,15,16). The first-order valence-electron chi connectivity index (χ1n) is 4.98. The van der Waals surface area contributed by atoms with Crippen LogP contribution < -0.4 is 5.32 Å². The fraction of sp³-hybridized carbons (Fsp3) is 0.364. The van der Waals surface area contributed by atoms with Crippen LogP contribution in [0, 0.1) is 5.82 Å². The monoisotopic (exact) mass is 261 g/mol. The highest BCUT2D eigenvalue weighted by Crippen LogP contribution is 2.29. The Bertz CT molecular complexity index is 420. The molecular formula is C11H10Cl2FNO. The summed E-state index contributed by atoms with van der Waals surface area (Å²) < 4.78 is 13.6. The van der Waals surface area contributed by atoms with Gasteiger partial charge < -0.3 is 5.32 Å². The van der Waals surface area contributed by atoms with Gasteiger partial charge in [0.2, 0.25) is 5.91 Å². The van der Waals surface area contributed by atoms with Gasteiger partial charge in [-0.05, 0) is 18.9 Å². The smallest absolute Gasteiger partial charge is 0.242 e. The predicted octanol–water partition coefficient (Wildman–Crippen LogP) is 3.04. The molecule has 0 spiro atoms. The first kappa shape index (κ1) is 11.7. The van der Waals surface area contributed by atoms with Crippen molar-refractivity contribution in [1.82, 2.24) is 5.32 Å². The number of halogens is 3. The predicted molar refractivity (Wildman–Crippen MR) is 61.2 cm³/mol. The lowest BCUT2D eigenvalue weighted by atomic mass is 10.1. The third-order valence-electron chi connectivity index (χ3n) is 2.41. The molecule has 2 rings (SSSR count). The van der Waals surface area contributed by atoms with Gasteiger partial charge in [-0.3, -0.25) is 4.79 Å². The number of rotatable bonds is 3. The molecule has 1 N–H and O–H groups in total. The second-order valence-corrected chi connectivity index (χ2v) is 4.63. The van der Waals surface area contributed by atoms with Crippen LogP contribution in [0.1, 0.15) is 23.8 Å². The van der Waals surface area contributed by atoms with E-state index in [4.69, 9.17) is 23.2 Å². The highest BCUT2D eigenvalue weighted by Gasteiger charge is 2.28. The first-order chi connectivity index (χ1) is 7.59. The van der Waals surface area contributed by atoms with Crippen molar-refractivity contribution >= 4 is 29.1 Å². The summed E-state index contributed by atoms with van der Waals surface area (Å²) in [6.07, 6.45) is 1.93. The number of amides is 1. The van der Waals surface area contributed by atoms with Crippen molar-refractivity contribution < 1.29 is 9.18 Å². The van der Waals surface area contributed by atoms with E-state index in [2.05, 4.69) is 5.32 Å². The van der Waals surface area contributed by atoms with Gasteiger partial charge in [0.15, 0.2) is 0 Å². The molecule has 16 heavy (non-hydrogen) atoms. The Morgan fingerprint density at radius 2 is 2.19 bits per heavy atom. The molecule has 1 aromatic carbocycles. The van der Waals surface area contributed by atoms with Crippen LogP contribution >= 0.6 is 23.2 Å². The molecule has 1 amide bonds. The van der Waals surface area contributed by atoms with Crippen molar-refractivity contribution in [3.05, 3.63) is 34.6 Å². The lowest BCUT2D eigenvalue weighted by molar-refractivity contribution is -0.121. The molecule has 5 heteroatoms. The molecule has 1 unspecified atom stereocenters. The molecule has 0 radical (unpaired) electrons.